The van der Waals surface area contributed by atoms with Gasteiger partial charge in [0.25, 0.3) is 10.0 Å². The van der Waals surface area contributed by atoms with Gasteiger partial charge in [-0.05, 0) is 29.6 Å². The second-order valence-corrected chi connectivity index (χ2v) is 8.23. The third kappa shape index (κ3) is 4.21. The Bertz CT molecular complexity index is 1020. The number of hydrogen-bond donors (Lipinski definition) is 1. The third-order valence-electron chi connectivity index (χ3n) is 3.30. The summed E-state index contributed by atoms with van der Waals surface area (Å²) in [5.41, 5.74) is 1.01. The lowest BCUT2D eigenvalue weighted by Gasteiger charge is -2.11. The molecule has 134 valence electrons. The Balaban J connectivity index is 2.05. The summed E-state index contributed by atoms with van der Waals surface area (Å²) in [6.07, 6.45) is 1.52. The first-order valence-electron chi connectivity index (χ1n) is 7.40. The van der Waals surface area contributed by atoms with Crippen molar-refractivity contribution in [3.8, 4) is 5.88 Å². The molecule has 0 saturated carbocycles. The van der Waals surface area contributed by atoms with Gasteiger partial charge in [-0.2, -0.15) is 8.42 Å². The number of hydrogen-bond acceptors (Lipinski definition) is 5. The molecule has 0 fully saturated rings. The summed E-state index contributed by atoms with van der Waals surface area (Å²) in [5.74, 6) is 0.550. The van der Waals surface area contributed by atoms with E-state index in [0.29, 0.717) is 22.2 Å². The zero-order chi connectivity index (χ0) is 18.6. The van der Waals surface area contributed by atoms with E-state index in [2.05, 4.69) is 14.7 Å². The maximum absolute atomic E-state index is 12.6. The van der Waals surface area contributed by atoms with E-state index < -0.39 is 10.0 Å². The average Bonchev–Trinajstić information content (AvgIpc) is 3.18. The third-order valence-corrected chi connectivity index (χ3v) is 6.28. The molecule has 2 aromatic heterocycles. The Kier molecular flexibility index (Phi) is 5.55. The summed E-state index contributed by atoms with van der Waals surface area (Å²) in [4.78, 5) is 4.09. The summed E-state index contributed by atoms with van der Waals surface area (Å²) < 4.78 is 34.3. The Morgan fingerprint density at radius 1 is 1.19 bits per heavy atom. The fraction of sp³-hybridized carbons (Fsp3) is 0.0588. The number of amidine groups is 1. The van der Waals surface area contributed by atoms with E-state index in [1.54, 1.807) is 47.8 Å². The predicted molar refractivity (Wildman–Crippen MR) is 104 cm³/mol. The molecular weight excluding hydrogens is 394 g/mol. The van der Waals surface area contributed by atoms with Crippen LogP contribution in [0.2, 0.25) is 5.02 Å². The number of sulfonamides is 1. The number of pyridine rings is 1. The maximum atomic E-state index is 12.6. The number of benzene rings is 1. The van der Waals surface area contributed by atoms with Gasteiger partial charge in [-0.15, -0.1) is 15.7 Å². The Morgan fingerprint density at radius 3 is 2.62 bits per heavy atom. The quantitative estimate of drug-likeness (QED) is 0.509. The first-order chi connectivity index (χ1) is 12.5. The van der Waals surface area contributed by atoms with Crippen LogP contribution >= 0.6 is 22.9 Å². The fourth-order valence-electron chi connectivity index (χ4n) is 2.08. The summed E-state index contributed by atoms with van der Waals surface area (Å²) in [5, 5.41) is 5.03. The van der Waals surface area contributed by atoms with Crippen molar-refractivity contribution in [2.45, 2.75) is 4.21 Å². The van der Waals surface area contributed by atoms with Crippen molar-refractivity contribution in [3.05, 3.63) is 70.7 Å². The van der Waals surface area contributed by atoms with Crippen molar-refractivity contribution in [1.29, 1.82) is 0 Å². The van der Waals surface area contributed by atoms with Crippen molar-refractivity contribution >= 4 is 44.5 Å². The molecule has 1 aromatic carbocycles. The lowest BCUT2D eigenvalue weighted by atomic mass is 10.2. The zero-order valence-corrected chi connectivity index (χ0v) is 16.0. The molecule has 6 nitrogen and oxygen atoms in total. The molecule has 1 N–H and O–H groups in total. The first-order valence-corrected chi connectivity index (χ1v) is 10.1. The standard InChI is InChI=1S/C17H14ClN3O3S2/c1-24-15-9-8-12(11-19-15)20-17(13-5-2-3-6-14(13)18)21-26(22,23)16-7-4-10-25-16/h2-11H,1H3,(H,20,21). The van der Waals surface area contributed by atoms with Crippen molar-refractivity contribution in [2.24, 2.45) is 4.40 Å². The molecule has 0 spiro atoms. The van der Waals surface area contributed by atoms with Gasteiger partial charge in [0.1, 0.15) is 4.21 Å². The fourth-order valence-corrected chi connectivity index (χ4v) is 4.24. The smallest absolute Gasteiger partial charge is 0.293 e. The van der Waals surface area contributed by atoms with Gasteiger partial charge in [-0.3, -0.25) is 0 Å². The van der Waals surface area contributed by atoms with E-state index in [1.807, 2.05) is 0 Å². The van der Waals surface area contributed by atoms with Gasteiger partial charge >= 0.3 is 0 Å². The molecule has 0 atom stereocenters. The summed E-state index contributed by atoms with van der Waals surface area (Å²) >= 11 is 7.34. The Morgan fingerprint density at radius 2 is 2.00 bits per heavy atom. The van der Waals surface area contributed by atoms with Crippen LogP contribution in [0.1, 0.15) is 5.56 Å². The van der Waals surface area contributed by atoms with Gasteiger partial charge in [0.05, 0.1) is 24.0 Å². The van der Waals surface area contributed by atoms with Gasteiger partial charge in [-0.1, -0.05) is 29.8 Å². The van der Waals surface area contributed by atoms with Crippen molar-refractivity contribution < 1.29 is 13.2 Å². The van der Waals surface area contributed by atoms with E-state index in [-0.39, 0.29) is 10.0 Å². The number of halogens is 1. The number of ether oxygens (including phenoxy) is 1. The van der Waals surface area contributed by atoms with Gasteiger partial charge < -0.3 is 10.1 Å². The minimum absolute atomic E-state index is 0.107. The van der Waals surface area contributed by atoms with Crippen molar-refractivity contribution in [3.63, 3.8) is 0 Å². The summed E-state index contributed by atoms with van der Waals surface area (Å²) in [6, 6.07) is 13.4. The number of nitrogens with zero attached hydrogens (tertiary/aromatic N) is 2. The second-order valence-electron chi connectivity index (χ2n) is 5.04. The number of rotatable bonds is 5. The van der Waals surface area contributed by atoms with Crippen molar-refractivity contribution in [1.82, 2.24) is 4.98 Å². The van der Waals surface area contributed by atoms with E-state index in [4.69, 9.17) is 16.3 Å². The van der Waals surface area contributed by atoms with Crippen LogP contribution in [0, 0.1) is 0 Å². The molecule has 3 aromatic rings. The predicted octanol–water partition coefficient (Wildman–Crippen LogP) is 4.05. The summed E-state index contributed by atoms with van der Waals surface area (Å²) in [6.45, 7) is 0. The molecule has 0 bridgehead atoms. The lowest BCUT2D eigenvalue weighted by Crippen LogP contribution is -2.17. The number of anilines is 1. The lowest BCUT2D eigenvalue weighted by molar-refractivity contribution is 0.398. The minimum Gasteiger partial charge on any atom is -0.481 e. The number of aromatic nitrogens is 1. The topological polar surface area (TPSA) is 80.6 Å². The highest BCUT2D eigenvalue weighted by Gasteiger charge is 2.18. The molecule has 3 rings (SSSR count). The molecule has 0 aliphatic rings. The van der Waals surface area contributed by atoms with Crippen LogP contribution in [0.5, 0.6) is 5.88 Å². The number of nitrogens with one attached hydrogen (secondary N) is 1. The van der Waals surface area contributed by atoms with Crippen LogP contribution in [-0.2, 0) is 10.0 Å². The first kappa shape index (κ1) is 18.4. The molecule has 9 heteroatoms. The van der Waals surface area contributed by atoms with E-state index in [0.717, 1.165) is 11.3 Å². The molecule has 0 aliphatic heterocycles. The second kappa shape index (κ2) is 7.86. The largest absolute Gasteiger partial charge is 0.481 e. The van der Waals surface area contributed by atoms with Crippen molar-refractivity contribution in [2.75, 3.05) is 12.4 Å². The molecular formula is C17H14ClN3O3S2. The van der Waals surface area contributed by atoms with E-state index in [1.165, 1.54) is 19.4 Å². The maximum Gasteiger partial charge on any atom is 0.293 e. The molecule has 0 amide bonds. The van der Waals surface area contributed by atoms with E-state index >= 15 is 0 Å². The van der Waals surface area contributed by atoms with Crippen LogP contribution < -0.4 is 10.1 Å². The van der Waals surface area contributed by atoms with Gasteiger partial charge in [0, 0.05) is 11.6 Å². The molecule has 0 saturated heterocycles. The highest BCUT2D eigenvalue weighted by atomic mass is 35.5. The van der Waals surface area contributed by atoms with Gasteiger partial charge in [0.2, 0.25) is 5.88 Å². The van der Waals surface area contributed by atoms with Crippen LogP contribution in [0.15, 0.2) is 68.7 Å². The molecule has 2 heterocycles. The SMILES string of the molecule is COc1ccc(N/C(=N/S(=O)(=O)c2cccs2)c2ccccc2Cl)cn1. The number of thiophene rings is 1. The number of methoxy groups -OCH3 is 1. The molecule has 26 heavy (non-hydrogen) atoms. The van der Waals surface area contributed by atoms with E-state index in [9.17, 15) is 8.42 Å². The Hall–Kier alpha value is -2.42. The molecule has 0 unspecified atom stereocenters. The van der Waals surface area contributed by atoms with Crippen LogP contribution in [0.4, 0.5) is 5.69 Å². The highest BCUT2D eigenvalue weighted by molar-refractivity contribution is 7.92. The van der Waals surface area contributed by atoms with Crippen LogP contribution in [0.3, 0.4) is 0 Å². The highest BCUT2D eigenvalue weighted by Crippen LogP contribution is 2.23. The minimum atomic E-state index is -3.87. The normalized spacial score (nSPS) is 12.0. The monoisotopic (exact) mass is 407 g/mol. The molecule has 0 aliphatic carbocycles. The average molecular weight is 408 g/mol. The zero-order valence-electron chi connectivity index (χ0n) is 13.6. The molecule has 0 radical (unpaired) electrons. The van der Waals surface area contributed by atoms with Gasteiger partial charge in [-0.25, -0.2) is 4.98 Å². The van der Waals surface area contributed by atoms with Crippen LogP contribution in [-0.4, -0.2) is 26.3 Å². The van der Waals surface area contributed by atoms with Crippen LogP contribution in [0.25, 0.3) is 0 Å². The van der Waals surface area contributed by atoms with Gasteiger partial charge in [0.15, 0.2) is 5.84 Å². The summed E-state index contributed by atoms with van der Waals surface area (Å²) in [7, 11) is -2.36. The Labute approximate surface area is 160 Å².